The van der Waals surface area contributed by atoms with Crippen LogP contribution < -0.4 is 10.3 Å². The van der Waals surface area contributed by atoms with Gasteiger partial charge in [0.05, 0.1) is 23.1 Å². The maximum atomic E-state index is 12.5. The molecule has 31 heavy (non-hydrogen) atoms. The number of ether oxygens (including phenoxy) is 2. The second kappa shape index (κ2) is 8.71. The Bertz CT molecular complexity index is 1170. The van der Waals surface area contributed by atoms with E-state index in [0.29, 0.717) is 26.5 Å². The van der Waals surface area contributed by atoms with E-state index in [9.17, 15) is 25.2 Å². The van der Waals surface area contributed by atoms with Crippen LogP contribution in [0.5, 0.6) is 5.75 Å². The van der Waals surface area contributed by atoms with Crippen LogP contribution in [0.3, 0.4) is 0 Å². The molecule has 0 spiro atoms. The Labute approximate surface area is 185 Å². The quantitative estimate of drug-likeness (QED) is 0.382. The van der Waals surface area contributed by atoms with E-state index in [1.165, 1.54) is 24.3 Å². The molecule has 164 valence electrons. The van der Waals surface area contributed by atoms with Crippen LogP contribution in [0, 0.1) is 0 Å². The Balaban J connectivity index is 1.75. The van der Waals surface area contributed by atoms with Crippen molar-refractivity contribution in [2.24, 2.45) is 0 Å². The van der Waals surface area contributed by atoms with Gasteiger partial charge in [0.2, 0.25) is 6.29 Å². The molecule has 2 unspecified atom stereocenters. The zero-order chi connectivity index (χ0) is 22.3. The van der Waals surface area contributed by atoms with Gasteiger partial charge in [-0.2, -0.15) is 0 Å². The summed E-state index contributed by atoms with van der Waals surface area (Å²) in [7, 11) is 0. The number of hydrogen-bond acceptors (Lipinski definition) is 8. The van der Waals surface area contributed by atoms with Crippen LogP contribution in [0.15, 0.2) is 41.2 Å². The Hall–Kier alpha value is -2.24. The Morgan fingerprint density at radius 1 is 1.03 bits per heavy atom. The number of aromatic nitrogens is 2. The van der Waals surface area contributed by atoms with Crippen LogP contribution >= 0.6 is 23.2 Å². The number of fused-ring (bicyclic) bond motifs is 1. The molecular formula is C20H18Cl2N2O7. The fourth-order valence-electron chi connectivity index (χ4n) is 3.32. The number of aliphatic hydroxyl groups is 4. The predicted octanol–water partition coefficient (Wildman–Crippen LogP) is 1.08. The number of halogens is 2. The van der Waals surface area contributed by atoms with Crippen molar-refractivity contribution < 1.29 is 29.9 Å². The molecule has 0 radical (unpaired) electrons. The summed E-state index contributed by atoms with van der Waals surface area (Å²) >= 11 is 12.1. The monoisotopic (exact) mass is 468 g/mol. The van der Waals surface area contributed by atoms with E-state index in [1.54, 1.807) is 12.1 Å². The molecule has 0 saturated carbocycles. The summed E-state index contributed by atoms with van der Waals surface area (Å²) in [5.74, 6) is 0.270. The van der Waals surface area contributed by atoms with E-state index in [2.05, 4.69) is 9.97 Å². The number of nitrogens with one attached hydrogen (secondary N) is 1. The average molecular weight is 469 g/mol. The Kier molecular flexibility index (Phi) is 6.18. The summed E-state index contributed by atoms with van der Waals surface area (Å²) in [6.45, 7) is -0.597. The molecule has 1 fully saturated rings. The number of nitrogens with zero attached hydrogens (tertiary/aromatic N) is 1. The van der Waals surface area contributed by atoms with Crippen molar-refractivity contribution >= 4 is 34.1 Å². The van der Waals surface area contributed by atoms with E-state index >= 15 is 0 Å². The van der Waals surface area contributed by atoms with Gasteiger partial charge in [0.1, 0.15) is 36.0 Å². The van der Waals surface area contributed by atoms with Crippen molar-refractivity contribution in [2.75, 3.05) is 6.61 Å². The molecule has 3 aromatic rings. The molecule has 1 aromatic heterocycles. The summed E-state index contributed by atoms with van der Waals surface area (Å²) in [4.78, 5) is 19.6. The molecule has 0 amide bonds. The van der Waals surface area contributed by atoms with Crippen molar-refractivity contribution in [1.29, 1.82) is 0 Å². The summed E-state index contributed by atoms with van der Waals surface area (Å²) in [6.07, 6.45) is -7.28. The SMILES string of the molecule is O=c1[nH]c(-c2cc(Cl)ccc2O[C@@H]2OC(CO)[C@H](O)C(O)[C@@H]2O)nc2ccc(Cl)cc12. The molecule has 11 heteroatoms. The van der Waals surface area contributed by atoms with Crippen molar-refractivity contribution in [3.05, 3.63) is 56.8 Å². The van der Waals surface area contributed by atoms with Gasteiger partial charge in [-0.3, -0.25) is 4.79 Å². The number of hydrogen-bond donors (Lipinski definition) is 5. The van der Waals surface area contributed by atoms with Gasteiger partial charge in [-0.1, -0.05) is 23.2 Å². The molecule has 4 rings (SSSR count). The molecular weight excluding hydrogens is 451 g/mol. The number of H-pyrrole nitrogens is 1. The molecule has 1 aliphatic heterocycles. The van der Waals surface area contributed by atoms with Gasteiger partial charge in [-0.05, 0) is 36.4 Å². The summed E-state index contributed by atoms with van der Waals surface area (Å²) in [5, 5.41) is 40.6. The lowest BCUT2D eigenvalue weighted by Crippen LogP contribution is -2.60. The van der Waals surface area contributed by atoms with Crippen molar-refractivity contribution in [1.82, 2.24) is 9.97 Å². The van der Waals surface area contributed by atoms with Crippen molar-refractivity contribution in [2.45, 2.75) is 30.7 Å². The maximum Gasteiger partial charge on any atom is 0.259 e. The van der Waals surface area contributed by atoms with Crippen LogP contribution in [0.25, 0.3) is 22.3 Å². The largest absolute Gasteiger partial charge is 0.461 e. The minimum absolute atomic E-state index is 0.130. The fourth-order valence-corrected chi connectivity index (χ4v) is 3.66. The molecule has 5 atom stereocenters. The van der Waals surface area contributed by atoms with Crippen LogP contribution in [-0.4, -0.2) is 67.7 Å². The van der Waals surface area contributed by atoms with Crippen LogP contribution in [-0.2, 0) is 4.74 Å². The molecule has 0 aliphatic carbocycles. The highest BCUT2D eigenvalue weighted by Gasteiger charge is 2.44. The third-order valence-electron chi connectivity index (χ3n) is 4.96. The lowest BCUT2D eigenvalue weighted by Gasteiger charge is -2.39. The zero-order valence-corrected chi connectivity index (χ0v) is 17.3. The predicted molar refractivity (Wildman–Crippen MR) is 112 cm³/mol. The van der Waals surface area contributed by atoms with Crippen molar-refractivity contribution in [3.63, 3.8) is 0 Å². The van der Waals surface area contributed by atoms with E-state index < -0.39 is 42.9 Å². The second-order valence-electron chi connectivity index (χ2n) is 7.03. The number of benzene rings is 2. The number of rotatable bonds is 4. The standard InChI is InChI=1S/C20H18Cl2N2O7/c21-8-1-3-12-10(5-8)19(29)24-18(23-12)11-6-9(22)2-4-13(11)30-20-17(28)16(27)15(26)14(7-25)31-20/h1-6,14-17,20,25-28H,7H2,(H,23,24,29)/t14?,15-,16?,17-,20+/m0/s1. The smallest absolute Gasteiger partial charge is 0.259 e. The van der Waals surface area contributed by atoms with Gasteiger partial charge in [0, 0.05) is 10.0 Å². The minimum Gasteiger partial charge on any atom is -0.461 e. The van der Waals surface area contributed by atoms with Gasteiger partial charge in [0.25, 0.3) is 5.56 Å². The highest BCUT2D eigenvalue weighted by molar-refractivity contribution is 6.31. The molecule has 5 N–H and O–H groups in total. The summed E-state index contributed by atoms with van der Waals surface area (Å²) in [5.41, 5.74) is 0.251. The third-order valence-corrected chi connectivity index (χ3v) is 5.43. The van der Waals surface area contributed by atoms with Gasteiger partial charge < -0.3 is 34.9 Å². The van der Waals surface area contributed by atoms with Crippen LogP contribution in [0.1, 0.15) is 0 Å². The Morgan fingerprint density at radius 3 is 2.48 bits per heavy atom. The highest BCUT2D eigenvalue weighted by atomic mass is 35.5. The van der Waals surface area contributed by atoms with Gasteiger partial charge in [-0.25, -0.2) is 4.98 Å². The lowest BCUT2D eigenvalue weighted by molar-refractivity contribution is -0.277. The van der Waals surface area contributed by atoms with Gasteiger partial charge >= 0.3 is 0 Å². The lowest BCUT2D eigenvalue weighted by atomic mass is 9.99. The fraction of sp³-hybridized carbons (Fsp3) is 0.300. The van der Waals surface area contributed by atoms with Gasteiger partial charge in [-0.15, -0.1) is 0 Å². The second-order valence-corrected chi connectivity index (χ2v) is 7.90. The normalized spacial score (nSPS) is 26.2. The molecule has 9 nitrogen and oxygen atoms in total. The minimum atomic E-state index is -1.60. The maximum absolute atomic E-state index is 12.5. The average Bonchev–Trinajstić information content (AvgIpc) is 2.75. The van der Waals surface area contributed by atoms with E-state index in [0.717, 1.165) is 0 Å². The summed E-state index contributed by atoms with van der Waals surface area (Å²) in [6, 6.07) is 9.19. The van der Waals surface area contributed by atoms with Crippen molar-refractivity contribution in [3.8, 4) is 17.1 Å². The topological polar surface area (TPSA) is 145 Å². The molecule has 1 aliphatic rings. The van der Waals surface area contributed by atoms with Crippen LogP contribution in [0.2, 0.25) is 10.0 Å². The first kappa shape index (κ1) is 22.0. The third kappa shape index (κ3) is 4.26. The zero-order valence-electron chi connectivity index (χ0n) is 15.8. The summed E-state index contributed by atoms with van der Waals surface area (Å²) < 4.78 is 11.1. The highest BCUT2D eigenvalue weighted by Crippen LogP contribution is 2.33. The first-order chi connectivity index (χ1) is 14.8. The first-order valence-corrected chi connectivity index (χ1v) is 10.0. The van der Waals surface area contributed by atoms with E-state index in [1.807, 2.05) is 0 Å². The molecule has 0 bridgehead atoms. The number of aliphatic hydroxyl groups excluding tert-OH is 4. The van der Waals surface area contributed by atoms with E-state index in [4.69, 9.17) is 32.7 Å². The van der Waals surface area contributed by atoms with E-state index in [-0.39, 0.29) is 11.6 Å². The number of aromatic amines is 1. The molecule has 2 aromatic carbocycles. The Morgan fingerprint density at radius 2 is 1.74 bits per heavy atom. The molecule has 2 heterocycles. The van der Waals surface area contributed by atoms with Gasteiger partial charge in [0.15, 0.2) is 0 Å². The first-order valence-electron chi connectivity index (χ1n) is 9.25. The van der Waals surface area contributed by atoms with Crippen LogP contribution in [0.4, 0.5) is 0 Å². The molecule has 1 saturated heterocycles.